The van der Waals surface area contributed by atoms with Gasteiger partial charge in [0.05, 0.1) is 10.8 Å². The molecule has 0 atom stereocenters. The molecule has 0 aromatic rings. The van der Waals surface area contributed by atoms with Crippen LogP contribution < -0.4 is 0 Å². The van der Waals surface area contributed by atoms with Crippen molar-refractivity contribution in [1.82, 2.24) is 0 Å². The summed E-state index contributed by atoms with van der Waals surface area (Å²) in [7, 11) is 0. The van der Waals surface area contributed by atoms with E-state index < -0.39 is 22.8 Å². The highest BCUT2D eigenvalue weighted by molar-refractivity contribution is 5.78. The van der Waals surface area contributed by atoms with Crippen molar-refractivity contribution in [1.29, 1.82) is 0 Å². The molecule has 0 aromatic carbocycles. The summed E-state index contributed by atoms with van der Waals surface area (Å²) < 4.78 is 0. The van der Waals surface area contributed by atoms with Gasteiger partial charge < -0.3 is 10.2 Å². The first kappa shape index (κ1) is 18.9. The smallest absolute Gasteiger partial charge is 0.309 e. The zero-order chi connectivity index (χ0) is 17.6. The number of rotatable bonds is 14. The number of hydrogen-bond donors (Lipinski definition) is 2. The van der Waals surface area contributed by atoms with Gasteiger partial charge in [0.25, 0.3) is 0 Å². The predicted molar refractivity (Wildman–Crippen MR) is 89.8 cm³/mol. The van der Waals surface area contributed by atoms with Gasteiger partial charge in [-0.25, -0.2) is 0 Å². The second kappa shape index (κ2) is 8.13. The standard InChI is InChI=1S/C19H30O5/c20-15(7-3-1-5-9-18(11-12-18)16(21)22)8-4-2-6-10-19(13-14-19)17(23)24/h1-14H2,(H,21,22)(H,23,24). The van der Waals surface area contributed by atoms with Crippen LogP contribution in [0.5, 0.6) is 0 Å². The van der Waals surface area contributed by atoms with Crippen molar-refractivity contribution in [2.24, 2.45) is 10.8 Å². The third-order valence-corrected chi connectivity index (χ3v) is 5.84. The van der Waals surface area contributed by atoms with Crippen LogP contribution in [0.3, 0.4) is 0 Å². The van der Waals surface area contributed by atoms with Crippen LogP contribution in [0.2, 0.25) is 0 Å². The van der Waals surface area contributed by atoms with E-state index in [4.69, 9.17) is 10.2 Å². The summed E-state index contributed by atoms with van der Waals surface area (Å²) >= 11 is 0. The highest BCUT2D eigenvalue weighted by Crippen LogP contribution is 2.50. The summed E-state index contributed by atoms with van der Waals surface area (Å²) in [6.45, 7) is 0. The monoisotopic (exact) mass is 338 g/mol. The molecular weight excluding hydrogens is 308 g/mol. The summed E-state index contributed by atoms with van der Waals surface area (Å²) in [6, 6.07) is 0. The van der Waals surface area contributed by atoms with Crippen LogP contribution in [0.15, 0.2) is 0 Å². The molecule has 0 amide bonds. The maximum Gasteiger partial charge on any atom is 0.309 e. The first-order valence-electron chi connectivity index (χ1n) is 9.39. The van der Waals surface area contributed by atoms with Crippen LogP contribution in [-0.4, -0.2) is 27.9 Å². The highest BCUT2D eigenvalue weighted by Gasteiger charge is 2.49. The number of unbranched alkanes of at least 4 members (excludes halogenated alkanes) is 4. The lowest BCUT2D eigenvalue weighted by Gasteiger charge is -2.09. The zero-order valence-electron chi connectivity index (χ0n) is 14.5. The van der Waals surface area contributed by atoms with Crippen LogP contribution in [0, 0.1) is 10.8 Å². The number of carbonyl (C=O) groups is 3. The molecule has 24 heavy (non-hydrogen) atoms. The molecule has 5 nitrogen and oxygen atoms in total. The Morgan fingerprint density at radius 2 is 1.00 bits per heavy atom. The second-order valence-corrected chi connectivity index (χ2v) is 7.83. The van der Waals surface area contributed by atoms with E-state index >= 15 is 0 Å². The average molecular weight is 338 g/mol. The van der Waals surface area contributed by atoms with E-state index in [1.807, 2.05) is 0 Å². The normalized spacial score (nSPS) is 19.7. The number of Topliss-reactive ketones (excluding diaryl/α,β-unsaturated/α-hetero) is 1. The third-order valence-electron chi connectivity index (χ3n) is 5.84. The van der Waals surface area contributed by atoms with Gasteiger partial charge in [-0.2, -0.15) is 0 Å². The summed E-state index contributed by atoms with van der Waals surface area (Å²) in [5.41, 5.74) is -0.863. The number of ketones is 1. The molecule has 2 N–H and O–H groups in total. The van der Waals surface area contributed by atoms with Crippen molar-refractivity contribution >= 4 is 17.7 Å². The Bertz CT molecular complexity index is 432. The maximum atomic E-state index is 11.8. The number of hydrogen-bond acceptors (Lipinski definition) is 3. The first-order chi connectivity index (χ1) is 11.4. The minimum Gasteiger partial charge on any atom is -0.481 e. The van der Waals surface area contributed by atoms with Crippen molar-refractivity contribution in [2.75, 3.05) is 0 Å². The molecule has 0 saturated heterocycles. The minimum atomic E-state index is -0.658. The van der Waals surface area contributed by atoms with E-state index in [1.165, 1.54) is 0 Å². The second-order valence-electron chi connectivity index (χ2n) is 7.83. The molecule has 0 aliphatic heterocycles. The quantitative estimate of drug-likeness (QED) is 0.463. The fraction of sp³-hybridized carbons (Fsp3) is 0.842. The molecule has 0 radical (unpaired) electrons. The van der Waals surface area contributed by atoms with E-state index in [0.717, 1.165) is 77.0 Å². The molecule has 2 rings (SSSR count). The molecule has 0 aromatic heterocycles. The summed E-state index contributed by atoms with van der Waals surface area (Å²) in [5.74, 6) is -1.03. The van der Waals surface area contributed by atoms with Crippen molar-refractivity contribution in [3.63, 3.8) is 0 Å². The Kier molecular flexibility index (Phi) is 6.41. The van der Waals surface area contributed by atoms with E-state index in [-0.39, 0.29) is 5.78 Å². The number of carbonyl (C=O) groups excluding carboxylic acids is 1. The topological polar surface area (TPSA) is 91.7 Å². The van der Waals surface area contributed by atoms with Crippen LogP contribution in [0.1, 0.15) is 89.9 Å². The molecule has 0 spiro atoms. The molecule has 2 aliphatic rings. The van der Waals surface area contributed by atoms with Crippen molar-refractivity contribution in [3.8, 4) is 0 Å². The van der Waals surface area contributed by atoms with Gasteiger partial charge in [-0.15, -0.1) is 0 Å². The summed E-state index contributed by atoms with van der Waals surface area (Å²) in [4.78, 5) is 33.9. The molecule has 2 saturated carbocycles. The van der Waals surface area contributed by atoms with Gasteiger partial charge in [-0.3, -0.25) is 14.4 Å². The van der Waals surface area contributed by atoms with Gasteiger partial charge in [-0.1, -0.05) is 25.7 Å². The lowest BCUT2D eigenvalue weighted by Crippen LogP contribution is -2.14. The summed E-state index contributed by atoms with van der Waals surface area (Å²) in [5, 5.41) is 18.2. The largest absolute Gasteiger partial charge is 0.481 e. The number of aliphatic carboxylic acids is 2. The fourth-order valence-electron chi connectivity index (χ4n) is 3.49. The van der Waals surface area contributed by atoms with Gasteiger partial charge in [0, 0.05) is 12.8 Å². The zero-order valence-corrected chi connectivity index (χ0v) is 14.5. The Labute approximate surface area is 143 Å². The first-order valence-corrected chi connectivity index (χ1v) is 9.39. The SMILES string of the molecule is O=C(CCCCCC1(C(=O)O)CC1)CCCCCC1(C(=O)O)CC1. The van der Waals surface area contributed by atoms with E-state index in [9.17, 15) is 14.4 Å². The minimum absolute atomic E-state index is 0.286. The fourth-order valence-corrected chi connectivity index (χ4v) is 3.49. The predicted octanol–water partition coefficient (Wildman–Crippen LogP) is 4.19. The summed E-state index contributed by atoms with van der Waals surface area (Å²) in [6.07, 6.45) is 11.3. The van der Waals surface area contributed by atoms with Gasteiger partial charge >= 0.3 is 11.9 Å². The lowest BCUT2D eigenvalue weighted by molar-refractivity contribution is -0.144. The molecule has 0 unspecified atom stereocenters. The van der Waals surface area contributed by atoms with E-state index in [2.05, 4.69) is 0 Å². The van der Waals surface area contributed by atoms with Gasteiger partial charge in [0.2, 0.25) is 0 Å². The molecule has 136 valence electrons. The average Bonchev–Trinajstić information content (AvgIpc) is 3.42. The van der Waals surface area contributed by atoms with Crippen molar-refractivity contribution < 1.29 is 24.6 Å². The molecular formula is C19H30O5. The maximum absolute atomic E-state index is 11.8. The molecule has 5 heteroatoms. The molecule has 2 aliphatic carbocycles. The van der Waals surface area contributed by atoms with Crippen LogP contribution in [0.4, 0.5) is 0 Å². The third kappa shape index (κ3) is 5.32. The highest BCUT2D eigenvalue weighted by atomic mass is 16.4. The Morgan fingerprint density at radius 1 is 0.625 bits per heavy atom. The van der Waals surface area contributed by atoms with Crippen molar-refractivity contribution in [2.45, 2.75) is 89.9 Å². The van der Waals surface area contributed by atoms with E-state index in [1.54, 1.807) is 0 Å². The molecule has 2 fully saturated rings. The van der Waals surface area contributed by atoms with Crippen LogP contribution >= 0.6 is 0 Å². The molecule has 0 heterocycles. The Balaban J connectivity index is 1.42. The number of carboxylic acids is 2. The van der Waals surface area contributed by atoms with E-state index in [0.29, 0.717) is 12.8 Å². The van der Waals surface area contributed by atoms with Crippen LogP contribution in [0.25, 0.3) is 0 Å². The lowest BCUT2D eigenvalue weighted by atomic mass is 9.96. The van der Waals surface area contributed by atoms with Gasteiger partial charge in [0.15, 0.2) is 0 Å². The van der Waals surface area contributed by atoms with Gasteiger partial charge in [0.1, 0.15) is 5.78 Å². The van der Waals surface area contributed by atoms with Gasteiger partial charge in [-0.05, 0) is 51.4 Å². The van der Waals surface area contributed by atoms with Crippen LogP contribution in [-0.2, 0) is 14.4 Å². The Hall–Kier alpha value is -1.39. The number of carboxylic acid groups (broad SMARTS) is 2. The molecule has 0 bridgehead atoms. The van der Waals surface area contributed by atoms with Crippen molar-refractivity contribution in [3.05, 3.63) is 0 Å². The Morgan fingerprint density at radius 3 is 1.29 bits per heavy atom.